The lowest BCUT2D eigenvalue weighted by molar-refractivity contribution is -0.137. The van der Waals surface area contributed by atoms with Gasteiger partial charge in [-0.25, -0.2) is 0 Å². The van der Waals surface area contributed by atoms with Gasteiger partial charge in [0.15, 0.2) is 0 Å². The van der Waals surface area contributed by atoms with Gasteiger partial charge < -0.3 is 5.32 Å². The summed E-state index contributed by atoms with van der Waals surface area (Å²) in [6.07, 6.45) is -2.41. The van der Waals surface area contributed by atoms with E-state index in [1.807, 2.05) is 13.0 Å². The van der Waals surface area contributed by atoms with Crippen LogP contribution in [0.3, 0.4) is 0 Å². The van der Waals surface area contributed by atoms with Crippen LogP contribution in [0, 0.1) is 0 Å². The van der Waals surface area contributed by atoms with Crippen LogP contribution < -0.4 is 5.32 Å². The van der Waals surface area contributed by atoms with Crippen molar-refractivity contribution in [2.75, 3.05) is 26.2 Å². The van der Waals surface area contributed by atoms with Gasteiger partial charge in [0.05, 0.1) is 5.56 Å². The van der Waals surface area contributed by atoms with E-state index in [1.165, 1.54) is 12.1 Å². The second-order valence-electron chi connectivity index (χ2n) is 5.19. The summed E-state index contributed by atoms with van der Waals surface area (Å²) in [5.41, 5.74) is 0.214. The molecule has 1 atom stereocenters. The van der Waals surface area contributed by atoms with Crippen LogP contribution in [0.5, 0.6) is 0 Å². The standard InChI is InChI=1S/C15H21F3N2/c1-2-14(20-9-4-7-19-8-10-20)12-5-3-6-13(11-12)15(16,17)18/h3,5-6,11,14,19H,2,4,7-10H2,1H3. The highest BCUT2D eigenvalue weighted by atomic mass is 19.4. The van der Waals surface area contributed by atoms with Crippen molar-refractivity contribution in [3.05, 3.63) is 35.4 Å². The van der Waals surface area contributed by atoms with Crippen LogP contribution in [0.25, 0.3) is 0 Å². The van der Waals surface area contributed by atoms with Crippen molar-refractivity contribution in [1.29, 1.82) is 0 Å². The Bertz CT molecular complexity index is 423. The Balaban J connectivity index is 2.22. The Morgan fingerprint density at radius 3 is 2.75 bits per heavy atom. The molecule has 0 radical (unpaired) electrons. The molecule has 1 aliphatic heterocycles. The topological polar surface area (TPSA) is 15.3 Å². The number of nitrogens with zero attached hydrogens (tertiary/aromatic N) is 1. The summed E-state index contributed by atoms with van der Waals surface area (Å²) < 4.78 is 38.5. The number of benzene rings is 1. The first kappa shape index (κ1) is 15.3. The first-order chi connectivity index (χ1) is 9.52. The summed E-state index contributed by atoms with van der Waals surface area (Å²) >= 11 is 0. The van der Waals surface area contributed by atoms with Crippen molar-refractivity contribution in [2.45, 2.75) is 32.0 Å². The van der Waals surface area contributed by atoms with Crippen LogP contribution in [0.15, 0.2) is 24.3 Å². The quantitative estimate of drug-likeness (QED) is 0.915. The molecular weight excluding hydrogens is 265 g/mol. The Labute approximate surface area is 118 Å². The fourth-order valence-corrected chi connectivity index (χ4v) is 2.81. The summed E-state index contributed by atoms with van der Waals surface area (Å²) in [7, 11) is 0. The van der Waals surface area contributed by atoms with E-state index in [-0.39, 0.29) is 6.04 Å². The maximum absolute atomic E-state index is 12.8. The van der Waals surface area contributed by atoms with Crippen LogP contribution in [-0.4, -0.2) is 31.1 Å². The number of halogens is 3. The summed E-state index contributed by atoms with van der Waals surface area (Å²) in [6.45, 7) is 5.73. The number of alkyl halides is 3. The third-order valence-corrected chi connectivity index (χ3v) is 3.80. The van der Waals surface area contributed by atoms with Crippen molar-refractivity contribution < 1.29 is 13.2 Å². The lowest BCUT2D eigenvalue weighted by Gasteiger charge is -2.30. The van der Waals surface area contributed by atoms with Gasteiger partial charge in [-0.1, -0.05) is 19.1 Å². The summed E-state index contributed by atoms with van der Waals surface area (Å²) in [6, 6.07) is 5.82. The van der Waals surface area contributed by atoms with E-state index in [2.05, 4.69) is 10.2 Å². The van der Waals surface area contributed by atoms with E-state index in [0.717, 1.165) is 50.7 Å². The van der Waals surface area contributed by atoms with Gasteiger partial charge in [-0.15, -0.1) is 0 Å². The van der Waals surface area contributed by atoms with Crippen LogP contribution in [0.1, 0.15) is 36.9 Å². The molecule has 0 amide bonds. The maximum atomic E-state index is 12.8. The predicted molar refractivity (Wildman–Crippen MR) is 73.5 cm³/mol. The van der Waals surface area contributed by atoms with Crippen molar-refractivity contribution >= 4 is 0 Å². The average Bonchev–Trinajstić information content (AvgIpc) is 2.68. The number of rotatable bonds is 3. The second kappa shape index (κ2) is 6.59. The van der Waals surface area contributed by atoms with Gasteiger partial charge in [-0.05, 0) is 37.1 Å². The Morgan fingerprint density at radius 1 is 1.25 bits per heavy atom. The first-order valence-corrected chi connectivity index (χ1v) is 7.14. The van der Waals surface area contributed by atoms with Gasteiger partial charge in [0.2, 0.25) is 0 Å². The molecule has 112 valence electrons. The molecule has 1 unspecified atom stereocenters. The minimum atomic E-state index is -4.27. The fraction of sp³-hybridized carbons (Fsp3) is 0.600. The van der Waals surface area contributed by atoms with Crippen molar-refractivity contribution in [3.8, 4) is 0 Å². The molecule has 20 heavy (non-hydrogen) atoms. The third-order valence-electron chi connectivity index (χ3n) is 3.80. The third kappa shape index (κ3) is 3.73. The van der Waals surface area contributed by atoms with E-state index in [4.69, 9.17) is 0 Å². The minimum Gasteiger partial charge on any atom is -0.315 e. The van der Waals surface area contributed by atoms with Crippen molar-refractivity contribution in [1.82, 2.24) is 10.2 Å². The molecule has 1 fully saturated rings. The zero-order valence-corrected chi connectivity index (χ0v) is 11.7. The van der Waals surface area contributed by atoms with Gasteiger partial charge >= 0.3 is 6.18 Å². The highest BCUT2D eigenvalue weighted by Crippen LogP contribution is 2.32. The molecule has 1 aliphatic rings. The summed E-state index contributed by atoms with van der Waals surface area (Å²) in [5.74, 6) is 0. The summed E-state index contributed by atoms with van der Waals surface area (Å²) in [4.78, 5) is 2.29. The first-order valence-electron chi connectivity index (χ1n) is 7.14. The molecule has 1 saturated heterocycles. The van der Waals surface area contributed by atoms with Crippen LogP contribution >= 0.6 is 0 Å². The molecule has 1 aromatic rings. The Hall–Kier alpha value is -1.07. The zero-order valence-electron chi connectivity index (χ0n) is 11.7. The van der Waals surface area contributed by atoms with Crippen LogP contribution in [0.2, 0.25) is 0 Å². The summed E-state index contributed by atoms with van der Waals surface area (Å²) in [5, 5.41) is 3.32. The lowest BCUT2D eigenvalue weighted by Crippen LogP contribution is -2.32. The molecule has 1 heterocycles. The van der Waals surface area contributed by atoms with Crippen molar-refractivity contribution in [3.63, 3.8) is 0 Å². The molecule has 1 aromatic carbocycles. The molecule has 0 bridgehead atoms. The average molecular weight is 286 g/mol. The van der Waals surface area contributed by atoms with Gasteiger partial charge in [-0.3, -0.25) is 4.90 Å². The minimum absolute atomic E-state index is 0.0669. The molecule has 2 nitrogen and oxygen atoms in total. The van der Waals surface area contributed by atoms with Gasteiger partial charge in [0.25, 0.3) is 0 Å². The Morgan fingerprint density at radius 2 is 2.05 bits per heavy atom. The molecular formula is C15H21F3N2. The fourth-order valence-electron chi connectivity index (χ4n) is 2.81. The van der Waals surface area contributed by atoms with E-state index < -0.39 is 11.7 Å². The highest BCUT2D eigenvalue weighted by molar-refractivity contribution is 5.28. The monoisotopic (exact) mass is 286 g/mol. The highest BCUT2D eigenvalue weighted by Gasteiger charge is 2.31. The van der Waals surface area contributed by atoms with E-state index in [1.54, 1.807) is 0 Å². The number of hydrogen-bond acceptors (Lipinski definition) is 2. The van der Waals surface area contributed by atoms with Gasteiger partial charge in [0.1, 0.15) is 0 Å². The smallest absolute Gasteiger partial charge is 0.315 e. The normalized spacial score (nSPS) is 19.6. The molecule has 0 spiro atoms. The maximum Gasteiger partial charge on any atom is 0.416 e. The number of nitrogens with one attached hydrogen (secondary N) is 1. The largest absolute Gasteiger partial charge is 0.416 e. The SMILES string of the molecule is CCC(c1cccc(C(F)(F)F)c1)N1CCCNCC1. The lowest BCUT2D eigenvalue weighted by atomic mass is 10.00. The van der Waals surface area contributed by atoms with Gasteiger partial charge in [-0.2, -0.15) is 13.2 Å². The van der Waals surface area contributed by atoms with Crippen LogP contribution in [0.4, 0.5) is 13.2 Å². The Kier molecular flexibility index (Phi) is 5.05. The van der Waals surface area contributed by atoms with Crippen molar-refractivity contribution in [2.24, 2.45) is 0 Å². The molecule has 1 N–H and O–H groups in total. The molecule has 2 rings (SSSR count). The van der Waals surface area contributed by atoms with Crippen LogP contribution in [-0.2, 0) is 6.18 Å². The van der Waals surface area contributed by atoms with Gasteiger partial charge in [0, 0.05) is 25.7 Å². The second-order valence-corrected chi connectivity index (χ2v) is 5.19. The molecule has 5 heteroatoms. The predicted octanol–water partition coefficient (Wildman–Crippen LogP) is 3.45. The van der Waals surface area contributed by atoms with E-state index >= 15 is 0 Å². The van der Waals surface area contributed by atoms with E-state index in [0.29, 0.717) is 0 Å². The number of hydrogen-bond donors (Lipinski definition) is 1. The molecule has 0 aromatic heterocycles. The van der Waals surface area contributed by atoms with E-state index in [9.17, 15) is 13.2 Å². The molecule has 0 aliphatic carbocycles. The zero-order chi connectivity index (χ0) is 14.6. The molecule has 0 saturated carbocycles.